The van der Waals surface area contributed by atoms with Crippen LogP contribution in [-0.4, -0.2) is 32.6 Å². The standard InChI is InChI=1S/C12H12N4O2/c17-12(18)10-7-14-8-16-11(10)15-6-3-9-1-4-13-5-2-9/h1-2,4-5,7-8H,3,6H2,(H,17,18)(H,14,15,16). The van der Waals surface area contributed by atoms with Crippen molar-refractivity contribution in [2.24, 2.45) is 0 Å². The van der Waals surface area contributed by atoms with Crippen LogP contribution in [0.5, 0.6) is 0 Å². The second-order valence-electron chi connectivity index (χ2n) is 3.62. The van der Waals surface area contributed by atoms with Gasteiger partial charge in [0.05, 0.1) is 0 Å². The number of anilines is 1. The van der Waals surface area contributed by atoms with Gasteiger partial charge in [-0.25, -0.2) is 14.8 Å². The molecule has 0 amide bonds. The van der Waals surface area contributed by atoms with Gasteiger partial charge in [-0.1, -0.05) is 0 Å². The summed E-state index contributed by atoms with van der Waals surface area (Å²) in [6, 6.07) is 3.83. The van der Waals surface area contributed by atoms with Crippen LogP contribution in [0.2, 0.25) is 0 Å². The molecule has 0 fully saturated rings. The zero-order valence-corrected chi connectivity index (χ0v) is 9.58. The molecule has 0 aliphatic rings. The number of pyridine rings is 1. The highest BCUT2D eigenvalue weighted by Crippen LogP contribution is 2.09. The van der Waals surface area contributed by atoms with Gasteiger partial charge in [0.1, 0.15) is 17.7 Å². The van der Waals surface area contributed by atoms with E-state index in [4.69, 9.17) is 5.11 Å². The minimum absolute atomic E-state index is 0.0761. The summed E-state index contributed by atoms with van der Waals surface area (Å²) in [6.45, 7) is 0.599. The maximum Gasteiger partial charge on any atom is 0.341 e. The molecule has 2 aromatic heterocycles. The summed E-state index contributed by atoms with van der Waals surface area (Å²) in [4.78, 5) is 22.5. The lowest BCUT2D eigenvalue weighted by Gasteiger charge is -2.07. The molecule has 2 heterocycles. The molecule has 0 saturated carbocycles. The van der Waals surface area contributed by atoms with Crippen molar-refractivity contribution in [3.63, 3.8) is 0 Å². The van der Waals surface area contributed by atoms with Crippen LogP contribution < -0.4 is 5.32 Å². The molecule has 0 aliphatic carbocycles. The van der Waals surface area contributed by atoms with Crippen LogP contribution >= 0.6 is 0 Å². The number of carbonyl (C=O) groups is 1. The molecule has 6 nitrogen and oxygen atoms in total. The molecule has 2 N–H and O–H groups in total. The summed E-state index contributed by atoms with van der Waals surface area (Å²) in [7, 11) is 0. The molecule has 0 radical (unpaired) electrons. The number of rotatable bonds is 5. The van der Waals surface area contributed by atoms with Crippen LogP contribution in [-0.2, 0) is 6.42 Å². The minimum Gasteiger partial charge on any atom is -0.477 e. The first-order valence-electron chi connectivity index (χ1n) is 5.43. The van der Waals surface area contributed by atoms with E-state index in [1.807, 2.05) is 12.1 Å². The number of hydrogen-bond acceptors (Lipinski definition) is 5. The van der Waals surface area contributed by atoms with E-state index >= 15 is 0 Å². The minimum atomic E-state index is -1.04. The van der Waals surface area contributed by atoms with Crippen LogP contribution in [0.3, 0.4) is 0 Å². The second kappa shape index (κ2) is 5.72. The number of nitrogens with one attached hydrogen (secondary N) is 1. The third-order valence-electron chi connectivity index (χ3n) is 2.40. The Kier molecular flexibility index (Phi) is 3.80. The number of aromatic carboxylic acids is 1. The van der Waals surface area contributed by atoms with E-state index in [0.717, 1.165) is 12.0 Å². The van der Waals surface area contributed by atoms with Gasteiger partial charge < -0.3 is 10.4 Å². The number of carboxylic acids is 1. The number of aromatic nitrogens is 3. The Morgan fingerprint density at radius 1 is 1.28 bits per heavy atom. The van der Waals surface area contributed by atoms with Gasteiger partial charge in [0.25, 0.3) is 0 Å². The number of nitrogens with zero attached hydrogens (tertiary/aromatic N) is 3. The van der Waals surface area contributed by atoms with E-state index in [1.165, 1.54) is 12.5 Å². The fourth-order valence-electron chi connectivity index (χ4n) is 1.50. The van der Waals surface area contributed by atoms with Crippen LogP contribution in [0.4, 0.5) is 5.82 Å². The van der Waals surface area contributed by atoms with Gasteiger partial charge >= 0.3 is 5.97 Å². The molecular formula is C12H12N4O2. The van der Waals surface area contributed by atoms with Crippen molar-refractivity contribution in [3.05, 3.63) is 48.2 Å². The lowest BCUT2D eigenvalue weighted by molar-refractivity contribution is 0.0697. The molecule has 0 aliphatic heterocycles. The number of carboxylic acid groups (broad SMARTS) is 1. The van der Waals surface area contributed by atoms with E-state index in [-0.39, 0.29) is 5.56 Å². The summed E-state index contributed by atoms with van der Waals surface area (Å²) in [5, 5.41) is 11.9. The normalized spacial score (nSPS) is 10.0. The van der Waals surface area contributed by atoms with Crippen molar-refractivity contribution >= 4 is 11.8 Å². The Morgan fingerprint density at radius 2 is 2.06 bits per heavy atom. The molecule has 0 unspecified atom stereocenters. The second-order valence-corrected chi connectivity index (χ2v) is 3.62. The molecule has 0 aromatic carbocycles. The topological polar surface area (TPSA) is 88.0 Å². The summed E-state index contributed by atoms with van der Waals surface area (Å²) in [5.41, 5.74) is 1.20. The molecule has 2 aromatic rings. The summed E-state index contributed by atoms with van der Waals surface area (Å²) < 4.78 is 0. The third-order valence-corrected chi connectivity index (χ3v) is 2.40. The van der Waals surface area contributed by atoms with Crippen molar-refractivity contribution in [1.82, 2.24) is 15.0 Å². The van der Waals surface area contributed by atoms with Crippen molar-refractivity contribution in [2.45, 2.75) is 6.42 Å². The Balaban J connectivity index is 1.97. The Hall–Kier alpha value is -2.50. The average molecular weight is 244 g/mol. The predicted octanol–water partition coefficient (Wildman–Crippen LogP) is 1.22. The molecule has 0 bridgehead atoms. The molecule has 0 atom stereocenters. The lowest BCUT2D eigenvalue weighted by atomic mass is 10.2. The van der Waals surface area contributed by atoms with E-state index in [0.29, 0.717) is 12.4 Å². The predicted molar refractivity (Wildman–Crippen MR) is 65.4 cm³/mol. The van der Waals surface area contributed by atoms with Crippen LogP contribution in [0.25, 0.3) is 0 Å². The van der Waals surface area contributed by atoms with Gasteiger partial charge in [0.2, 0.25) is 0 Å². The van der Waals surface area contributed by atoms with Crippen LogP contribution in [0.1, 0.15) is 15.9 Å². The Labute approximate surface area is 104 Å². The quantitative estimate of drug-likeness (QED) is 0.822. The van der Waals surface area contributed by atoms with Gasteiger partial charge in [-0.2, -0.15) is 0 Å². The molecule has 18 heavy (non-hydrogen) atoms. The van der Waals surface area contributed by atoms with Gasteiger partial charge in [-0.3, -0.25) is 4.98 Å². The summed E-state index contributed by atoms with van der Waals surface area (Å²) >= 11 is 0. The van der Waals surface area contributed by atoms with Crippen molar-refractivity contribution in [3.8, 4) is 0 Å². The van der Waals surface area contributed by atoms with Gasteiger partial charge in [-0.15, -0.1) is 0 Å². The molecular weight excluding hydrogens is 232 g/mol. The lowest BCUT2D eigenvalue weighted by Crippen LogP contribution is -2.11. The maximum atomic E-state index is 10.9. The highest BCUT2D eigenvalue weighted by atomic mass is 16.4. The van der Waals surface area contributed by atoms with Gasteiger partial charge in [-0.05, 0) is 24.1 Å². The van der Waals surface area contributed by atoms with Gasteiger partial charge in [0.15, 0.2) is 0 Å². The van der Waals surface area contributed by atoms with Crippen LogP contribution in [0.15, 0.2) is 37.1 Å². The molecule has 6 heteroatoms. The molecule has 0 saturated heterocycles. The van der Waals surface area contributed by atoms with E-state index in [9.17, 15) is 4.79 Å². The van der Waals surface area contributed by atoms with E-state index in [1.54, 1.807) is 12.4 Å². The molecule has 92 valence electrons. The SMILES string of the molecule is O=C(O)c1cncnc1NCCc1ccncc1. The molecule has 0 spiro atoms. The Morgan fingerprint density at radius 3 is 2.78 bits per heavy atom. The monoisotopic (exact) mass is 244 g/mol. The van der Waals surface area contributed by atoms with Crippen molar-refractivity contribution < 1.29 is 9.90 Å². The fourth-order valence-corrected chi connectivity index (χ4v) is 1.50. The zero-order valence-electron chi connectivity index (χ0n) is 9.58. The van der Waals surface area contributed by atoms with Crippen molar-refractivity contribution in [1.29, 1.82) is 0 Å². The largest absolute Gasteiger partial charge is 0.477 e. The first kappa shape index (κ1) is 12.0. The average Bonchev–Trinajstić information content (AvgIpc) is 2.40. The summed E-state index contributed by atoms with van der Waals surface area (Å²) in [6.07, 6.45) is 6.82. The highest BCUT2D eigenvalue weighted by molar-refractivity contribution is 5.92. The molecule has 2 rings (SSSR count). The van der Waals surface area contributed by atoms with Gasteiger partial charge in [0, 0.05) is 25.1 Å². The van der Waals surface area contributed by atoms with Crippen molar-refractivity contribution in [2.75, 3.05) is 11.9 Å². The highest BCUT2D eigenvalue weighted by Gasteiger charge is 2.10. The van der Waals surface area contributed by atoms with Crippen LogP contribution in [0, 0.1) is 0 Å². The van der Waals surface area contributed by atoms with E-state index < -0.39 is 5.97 Å². The smallest absolute Gasteiger partial charge is 0.341 e. The maximum absolute atomic E-state index is 10.9. The van der Waals surface area contributed by atoms with E-state index in [2.05, 4.69) is 20.3 Å². The Bertz CT molecular complexity index is 531. The number of hydrogen-bond donors (Lipinski definition) is 2. The zero-order chi connectivity index (χ0) is 12.8. The fraction of sp³-hybridized carbons (Fsp3) is 0.167. The first-order chi connectivity index (χ1) is 8.77. The summed E-state index contributed by atoms with van der Waals surface area (Å²) in [5.74, 6) is -0.700. The first-order valence-corrected chi connectivity index (χ1v) is 5.43. The third kappa shape index (κ3) is 3.00.